The molecule has 1 aromatic carbocycles. The number of carboxylic acid groups (broad SMARTS) is 1. The first-order valence-corrected chi connectivity index (χ1v) is 4.49. The van der Waals surface area contributed by atoms with Crippen LogP contribution in [0, 0.1) is 13.8 Å². The minimum absolute atomic E-state index is 0.360. The van der Waals surface area contributed by atoms with E-state index in [-0.39, 0.29) is 0 Å². The SMILES string of the molecule is C/C(=C/c1cc(C)ccc1C)C(=O)O. The lowest BCUT2D eigenvalue weighted by Crippen LogP contribution is -1.96. The fourth-order valence-corrected chi connectivity index (χ4v) is 1.21. The van der Waals surface area contributed by atoms with Gasteiger partial charge in [0.2, 0.25) is 0 Å². The lowest BCUT2D eigenvalue weighted by atomic mass is 10.0. The zero-order valence-electron chi connectivity index (χ0n) is 8.66. The van der Waals surface area contributed by atoms with Crippen molar-refractivity contribution in [3.63, 3.8) is 0 Å². The highest BCUT2D eigenvalue weighted by atomic mass is 16.4. The lowest BCUT2D eigenvalue weighted by Gasteiger charge is -2.02. The first-order valence-electron chi connectivity index (χ1n) is 4.49. The van der Waals surface area contributed by atoms with Crippen molar-refractivity contribution in [1.29, 1.82) is 0 Å². The number of aliphatic carboxylic acids is 1. The van der Waals surface area contributed by atoms with Gasteiger partial charge in [-0.25, -0.2) is 4.79 Å². The molecule has 0 fully saturated rings. The molecule has 74 valence electrons. The monoisotopic (exact) mass is 190 g/mol. The van der Waals surface area contributed by atoms with E-state index in [1.807, 2.05) is 32.0 Å². The maximum Gasteiger partial charge on any atom is 0.331 e. The van der Waals surface area contributed by atoms with E-state index < -0.39 is 5.97 Å². The van der Waals surface area contributed by atoms with Gasteiger partial charge in [-0.2, -0.15) is 0 Å². The number of carboxylic acids is 1. The molecule has 0 saturated heterocycles. The molecule has 0 atom stereocenters. The molecule has 0 heterocycles. The fourth-order valence-electron chi connectivity index (χ4n) is 1.21. The van der Waals surface area contributed by atoms with Gasteiger partial charge in [-0.05, 0) is 38.0 Å². The number of hydrogen-bond acceptors (Lipinski definition) is 1. The quantitative estimate of drug-likeness (QED) is 0.728. The van der Waals surface area contributed by atoms with Crippen LogP contribution in [0.3, 0.4) is 0 Å². The van der Waals surface area contributed by atoms with Gasteiger partial charge in [0.25, 0.3) is 0 Å². The average molecular weight is 190 g/mol. The summed E-state index contributed by atoms with van der Waals surface area (Å²) in [6.07, 6.45) is 1.70. The summed E-state index contributed by atoms with van der Waals surface area (Å²) in [5.74, 6) is -0.870. The Hall–Kier alpha value is -1.57. The van der Waals surface area contributed by atoms with Gasteiger partial charge in [0.15, 0.2) is 0 Å². The molecule has 0 saturated carbocycles. The van der Waals surface area contributed by atoms with Crippen molar-refractivity contribution in [2.24, 2.45) is 0 Å². The predicted molar refractivity (Wildman–Crippen MR) is 57.2 cm³/mol. The van der Waals surface area contributed by atoms with E-state index >= 15 is 0 Å². The molecule has 0 bridgehead atoms. The number of aryl methyl sites for hydroxylation is 2. The molecule has 0 unspecified atom stereocenters. The Morgan fingerprint density at radius 1 is 1.36 bits per heavy atom. The predicted octanol–water partition coefficient (Wildman–Crippen LogP) is 2.79. The van der Waals surface area contributed by atoms with Crippen molar-refractivity contribution in [3.8, 4) is 0 Å². The Bertz CT molecular complexity index is 389. The second kappa shape index (κ2) is 4.09. The van der Waals surface area contributed by atoms with Gasteiger partial charge < -0.3 is 5.11 Å². The van der Waals surface area contributed by atoms with Crippen LogP contribution in [0.2, 0.25) is 0 Å². The summed E-state index contributed by atoms with van der Waals surface area (Å²) < 4.78 is 0. The molecule has 0 amide bonds. The van der Waals surface area contributed by atoms with Gasteiger partial charge in [0.1, 0.15) is 0 Å². The maximum absolute atomic E-state index is 10.6. The zero-order chi connectivity index (χ0) is 10.7. The average Bonchev–Trinajstić information content (AvgIpc) is 2.11. The number of rotatable bonds is 2. The Balaban J connectivity index is 3.13. The van der Waals surface area contributed by atoms with Crippen LogP contribution in [-0.4, -0.2) is 11.1 Å². The zero-order valence-corrected chi connectivity index (χ0v) is 8.66. The van der Waals surface area contributed by atoms with Crippen LogP contribution in [0.25, 0.3) is 6.08 Å². The number of carbonyl (C=O) groups is 1. The van der Waals surface area contributed by atoms with Gasteiger partial charge in [0, 0.05) is 5.57 Å². The van der Waals surface area contributed by atoms with E-state index in [4.69, 9.17) is 5.11 Å². The number of hydrogen-bond donors (Lipinski definition) is 1. The van der Waals surface area contributed by atoms with Crippen LogP contribution in [0.4, 0.5) is 0 Å². The highest BCUT2D eigenvalue weighted by molar-refractivity contribution is 5.91. The normalized spacial score (nSPS) is 11.5. The van der Waals surface area contributed by atoms with E-state index in [9.17, 15) is 4.79 Å². The summed E-state index contributed by atoms with van der Waals surface area (Å²) in [4.78, 5) is 10.6. The van der Waals surface area contributed by atoms with Crippen molar-refractivity contribution < 1.29 is 9.90 Å². The maximum atomic E-state index is 10.6. The molecule has 1 rings (SSSR count). The van der Waals surface area contributed by atoms with Gasteiger partial charge in [0.05, 0.1) is 0 Å². The first kappa shape index (κ1) is 10.5. The largest absolute Gasteiger partial charge is 0.478 e. The Labute approximate surface area is 83.9 Å². The molecule has 2 nitrogen and oxygen atoms in total. The molecule has 0 aliphatic rings. The summed E-state index contributed by atoms with van der Waals surface area (Å²) in [6.45, 7) is 5.57. The van der Waals surface area contributed by atoms with Crippen molar-refractivity contribution in [3.05, 3.63) is 40.5 Å². The summed E-state index contributed by atoms with van der Waals surface area (Å²) in [5.41, 5.74) is 3.57. The minimum atomic E-state index is -0.870. The second-order valence-corrected chi connectivity index (χ2v) is 3.49. The van der Waals surface area contributed by atoms with Gasteiger partial charge in [-0.3, -0.25) is 0 Å². The van der Waals surface area contributed by atoms with Crippen molar-refractivity contribution in [2.45, 2.75) is 20.8 Å². The molecule has 1 aromatic rings. The highest BCUT2D eigenvalue weighted by Crippen LogP contribution is 2.14. The molecule has 0 aliphatic heterocycles. The summed E-state index contributed by atoms with van der Waals surface area (Å²) >= 11 is 0. The van der Waals surface area contributed by atoms with E-state index in [1.165, 1.54) is 0 Å². The van der Waals surface area contributed by atoms with E-state index in [1.54, 1.807) is 13.0 Å². The molecule has 0 spiro atoms. The summed E-state index contributed by atoms with van der Waals surface area (Å²) in [7, 11) is 0. The third-order valence-corrected chi connectivity index (χ3v) is 2.14. The second-order valence-electron chi connectivity index (χ2n) is 3.49. The van der Waals surface area contributed by atoms with Gasteiger partial charge in [-0.15, -0.1) is 0 Å². The van der Waals surface area contributed by atoms with E-state index in [0.29, 0.717) is 5.57 Å². The van der Waals surface area contributed by atoms with Crippen LogP contribution in [0.15, 0.2) is 23.8 Å². The van der Waals surface area contributed by atoms with Crippen LogP contribution in [0.5, 0.6) is 0 Å². The van der Waals surface area contributed by atoms with E-state index in [0.717, 1.165) is 16.7 Å². The topological polar surface area (TPSA) is 37.3 Å². The summed E-state index contributed by atoms with van der Waals surface area (Å²) in [6, 6.07) is 6.00. The Morgan fingerprint density at radius 2 is 2.00 bits per heavy atom. The molecule has 0 aromatic heterocycles. The van der Waals surface area contributed by atoms with Crippen molar-refractivity contribution in [1.82, 2.24) is 0 Å². The van der Waals surface area contributed by atoms with Gasteiger partial charge in [-0.1, -0.05) is 23.8 Å². The van der Waals surface area contributed by atoms with Crippen LogP contribution < -0.4 is 0 Å². The third-order valence-electron chi connectivity index (χ3n) is 2.14. The molecule has 2 heteroatoms. The standard InChI is InChI=1S/C12H14O2/c1-8-4-5-9(2)11(6-8)7-10(3)12(13)14/h4-7H,1-3H3,(H,13,14)/b10-7-. The highest BCUT2D eigenvalue weighted by Gasteiger charge is 2.01. The minimum Gasteiger partial charge on any atom is -0.478 e. The lowest BCUT2D eigenvalue weighted by molar-refractivity contribution is -0.132. The van der Waals surface area contributed by atoms with Crippen LogP contribution >= 0.6 is 0 Å². The Morgan fingerprint density at radius 3 is 2.57 bits per heavy atom. The van der Waals surface area contributed by atoms with E-state index in [2.05, 4.69) is 0 Å². The summed E-state index contributed by atoms with van der Waals surface area (Å²) in [5, 5.41) is 8.74. The molecular formula is C12H14O2. The molecule has 0 aliphatic carbocycles. The number of benzene rings is 1. The molecule has 0 radical (unpaired) electrons. The third kappa shape index (κ3) is 2.46. The van der Waals surface area contributed by atoms with Gasteiger partial charge >= 0.3 is 5.97 Å². The molecular weight excluding hydrogens is 176 g/mol. The van der Waals surface area contributed by atoms with Crippen molar-refractivity contribution >= 4 is 12.0 Å². The first-order chi connectivity index (χ1) is 6.50. The molecule has 1 N–H and O–H groups in total. The van der Waals surface area contributed by atoms with Crippen LogP contribution in [0.1, 0.15) is 23.6 Å². The Kier molecular flexibility index (Phi) is 3.07. The molecule has 14 heavy (non-hydrogen) atoms. The van der Waals surface area contributed by atoms with Crippen molar-refractivity contribution in [2.75, 3.05) is 0 Å². The fraction of sp³-hybridized carbons (Fsp3) is 0.250. The smallest absolute Gasteiger partial charge is 0.331 e. The van der Waals surface area contributed by atoms with Crippen LogP contribution in [-0.2, 0) is 4.79 Å².